The SMILES string of the molecule is COc1cc(C(C)C)cc(C(C)(C)O)c1Cl. The third-order valence-electron chi connectivity index (χ3n) is 2.61. The van der Waals surface area contributed by atoms with Gasteiger partial charge in [-0.3, -0.25) is 0 Å². The predicted molar refractivity (Wildman–Crippen MR) is 67.3 cm³/mol. The van der Waals surface area contributed by atoms with Crippen LogP contribution in [0.2, 0.25) is 5.02 Å². The van der Waals surface area contributed by atoms with Crippen LogP contribution in [0.4, 0.5) is 0 Å². The van der Waals surface area contributed by atoms with Crippen molar-refractivity contribution in [1.29, 1.82) is 0 Å². The second kappa shape index (κ2) is 4.64. The molecule has 1 aromatic carbocycles. The van der Waals surface area contributed by atoms with Gasteiger partial charge in [-0.25, -0.2) is 0 Å². The lowest BCUT2D eigenvalue weighted by Gasteiger charge is -2.22. The Bertz CT molecular complexity index is 378. The maximum Gasteiger partial charge on any atom is 0.138 e. The molecule has 0 aliphatic rings. The van der Waals surface area contributed by atoms with Crippen molar-refractivity contribution in [2.24, 2.45) is 0 Å². The van der Waals surface area contributed by atoms with Gasteiger partial charge in [-0.05, 0) is 31.4 Å². The molecule has 90 valence electrons. The van der Waals surface area contributed by atoms with Gasteiger partial charge in [-0.2, -0.15) is 0 Å². The standard InChI is InChI=1S/C13H19ClO2/c1-8(2)9-6-10(13(3,4)15)12(14)11(7-9)16-5/h6-8,15H,1-5H3. The summed E-state index contributed by atoms with van der Waals surface area (Å²) in [7, 11) is 1.58. The van der Waals surface area contributed by atoms with Crippen molar-refractivity contribution in [1.82, 2.24) is 0 Å². The molecule has 3 heteroatoms. The Morgan fingerprint density at radius 3 is 2.25 bits per heavy atom. The molecule has 0 aliphatic carbocycles. The fraction of sp³-hybridized carbons (Fsp3) is 0.538. The van der Waals surface area contributed by atoms with Crippen molar-refractivity contribution in [3.05, 3.63) is 28.3 Å². The van der Waals surface area contributed by atoms with Gasteiger partial charge >= 0.3 is 0 Å². The highest BCUT2D eigenvalue weighted by Crippen LogP contribution is 2.37. The van der Waals surface area contributed by atoms with E-state index in [1.807, 2.05) is 12.1 Å². The Kier molecular flexibility index (Phi) is 3.87. The minimum absolute atomic E-state index is 0.368. The molecule has 0 bridgehead atoms. The molecule has 0 radical (unpaired) electrons. The van der Waals surface area contributed by atoms with Gasteiger partial charge in [0.15, 0.2) is 0 Å². The molecular formula is C13H19ClO2. The van der Waals surface area contributed by atoms with E-state index in [-0.39, 0.29) is 0 Å². The quantitative estimate of drug-likeness (QED) is 0.876. The lowest BCUT2D eigenvalue weighted by atomic mass is 9.92. The van der Waals surface area contributed by atoms with E-state index in [9.17, 15) is 5.11 Å². The van der Waals surface area contributed by atoms with Gasteiger partial charge in [0.1, 0.15) is 5.75 Å². The van der Waals surface area contributed by atoms with Crippen LogP contribution in [-0.2, 0) is 5.60 Å². The summed E-state index contributed by atoms with van der Waals surface area (Å²) in [5.41, 5.74) is 0.852. The van der Waals surface area contributed by atoms with Gasteiger partial charge in [-0.1, -0.05) is 31.5 Å². The number of rotatable bonds is 3. The first-order valence-corrected chi connectivity index (χ1v) is 5.75. The van der Waals surface area contributed by atoms with Crippen LogP contribution in [0.1, 0.15) is 44.7 Å². The van der Waals surface area contributed by atoms with Gasteiger partial charge in [-0.15, -0.1) is 0 Å². The Morgan fingerprint density at radius 2 is 1.88 bits per heavy atom. The monoisotopic (exact) mass is 242 g/mol. The van der Waals surface area contributed by atoms with Gasteiger partial charge in [0.25, 0.3) is 0 Å². The van der Waals surface area contributed by atoms with E-state index in [0.717, 1.165) is 5.56 Å². The molecule has 0 amide bonds. The summed E-state index contributed by atoms with van der Waals surface area (Å²) in [4.78, 5) is 0. The zero-order valence-corrected chi connectivity index (χ0v) is 11.2. The summed E-state index contributed by atoms with van der Waals surface area (Å²) in [6, 6.07) is 3.86. The number of aliphatic hydroxyl groups is 1. The minimum Gasteiger partial charge on any atom is -0.495 e. The second-order valence-electron chi connectivity index (χ2n) is 4.80. The van der Waals surface area contributed by atoms with Crippen molar-refractivity contribution in [3.8, 4) is 5.75 Å². The maximum atomic E-state index is 10.1. The summed E-state index contributed by atoms with van der Waals surface area (Å²) < 4.78 is 5.23. The second-order valence-corrected chi connectivity index (χ2v) is 5.18. The highest BCUT2D eigenvalue weighted by Gasteiger charge is 2.23. The summed E-state index contributed by atoms with van der Waals surface area (Å²) >= 11 is 6.19. The zero-order chi connectivity index (χ0) is 12.5. The molecule has 1 aromatic rings. The van der Waals surface area contributed by atoms with Crippen LogP contribution in [0.15, 0.2) is 12.1 Å². The lowest BCUT2D eigenvalue weighted by molar-refractivity contribution is 0.0783. The van der Waals surface area contributed by atoms with Gasteiger partial charge in [0, 0.05) is 5.56 Å². The number of hydrogen-bond donors (Lipinski definition) is 1. The number of benzene rings is 1. The van der Waals surface area contributed by atoms with Crippen LogP contribution in [0.3, 0.4) is 0 Å². The Balaban J connectivity index is 3.42. The number of methoxy groups -OCH3 is 1. The summed E-state index contributed by atoms with van der Waals surface area (Å²) in [5, 5.41) is 10.5. The molecule has 0 saturated carbocycles. The summed E-state index contributed by atoms with van der Waals surface area (Å²) in [5.74, 6) is 0.984. The van der Waals surface area contributed by atoms with Crippen molar-refractivity contribution in [2.75, 3.05) is 7.11 Å². The molecule has 0 fully saturated rings. The first-order chi connectivity index (χ1) is 7.27. The van der Waals surface area contributed by atoms with E-state index < -0.39 is 5.60 Å². The molecule has 2 nitrogen and oxygen atoms in total. The van der Waals surface area contributed by atoms with Crippen LogP contribution in [-0.4, -0.2) is 12.2 Å². The topological polar surface area (TPSA) is 29.5 Å². The van der Waals surface area contributed by atoms with Crippen LogP contribution in [0.25, 0.3) is 0 Å². The van der Waals surface area contributed by atoms with E-state index >= 15 is 0 Å². The van der Waals surface area contributed by atoms with Gasteiger partial charge < -0.3 is 9.84 Å². The summed E-state index contributed by atoms with van der Waals surface area (Å²) in [6.45, 7) is 7.63. The largest absolute Gasteiger partial charge is 0.495 e. The Morgan fingerprint density at radius 1 is 1.31 bits per heavy atom. The van der Waals surface area contributed by atoms with Crippen LogP contribution in [0.5, 0.6) is 5.75 Å². The van der Waals surface area contributed by atoms with Crippen molar-refractivity contribution in [2.45, 2.75) is 39.2 Å². The number of halogens is 1. The highest BCUT2D eigenvalue weighted by molar-refractivity contribution is 6.33. The Labute approximate surface area is 102 Å². The van der Waals surface area contributed by atoms with Crippen LogP contribution < -0.4 is 4.74 Å². The molecule has 16 heavy (non-hydrogen) atoms. The van der Waals surface area contributed by atoms with E-state index in [4.69, 9.17) is 16.3 Å². The molecule has 0 aromatic heterocycles. The van der Waals surface area contributed by atoms with Crippen molar-refractivity contribution >= 4 is 11.6 Å². The average Bonchev–Trinajstić information content (AvgIpc) is 2.15. The van der Waals surface area contributed by atoms with Crippen molar-refractivity contribution in [3.63, 3.8) is 0 Å². The van der Waals surface area contributed by atoms with E-state index in [1.54, 1.807) is 21.0 Å². The predicted octanol–water partition coefficient (Wildman–Crippen LogP) is 3.70. The molecule has 0 spiro atoms. The molecular weight excluding hydrogens is 224 g/mol. The highest BCUT2D eigenvalue weighted by atomic mass is 35.5. The molecule has 0 atom stereocenters. The fourth-order valence-electron chi connectivity index (χ4n) is 1.55. The number of ether oxygens (including phenoxy) is 1. The Hall–Kier alpha value is -0.730. The van der Waals surface area contributed by atoms with Crippen LogP contribution >= 0.6 is 11.6 Å². The molecule has 1 N–H and O–H groups in total. The van der Waals surface area contributed by atoms with Crippen LogP contribution in [0, 0.1) is 0 Å². The first-order valence-electron chi connectivity index (χ1n) is 5.37. The zero-order valence-electron chi connectivity index (χ0n) is 10.5. The fourth-order valence-corrected chi connectivity index (χ4v) is 1.96. The van der Waals surface area contributed by atoms with Gasteiger partial charge in [0.2, 0.25) is 0 Å². The molecule has 0 aliphatic heterocycles. The summed E-state index contributed by atoms with van der Waals surface area (Å²) in [6.07, 6.45) is 0. The molecule has 0 saturated heterocycles. The molecule has 1 rings (SSSR count). The normalized spacial score (nSPS) is 12.0. The lowest BCUT2D eigenvalue weighted by Crippen LogP contribution is -2.17. The van der Waals surface area contributed by atoms with E-state index in [0.29, 0.717) is 22.3 Å². The minimum atomic E-state index is -0.963. The number of hydrogen-bond acceptors (Lipinski definition) is 2. The van der Waals surface area contributed by atoms with E-state index in [2.05, 4.69) is 13.8 Å². The van der Waals surface area contributed by atoms with E-state index in [1.165, 1.54) is 0 Å². The third-order valence-corrected chi connectivity index (χ3v) is 3.00. The smallest absolute Gasteiger partial charge is 0.138 e. The first kappa shape index (κ1) is 13.3. The average molecular weight is 243 g/mol. The molecule has 0 unspecified atom stereocenters. The maximum absolute atomic E-state index is 10.1. The van der Waals surface area contributed by atoms with Crippen molar-refractivity contribution < 1.29 is 9.84 Å². The molecule has 0 heterocycles. The van der Waals surface area contributed by atoms with Gasteiger partial charge in [0.05, 0.1) is 17.7 Å². The third kappa shape index (κ3) is 2.69.